The van der Waals surface area contributed by atoms with Crippen LogP contribution in [0.2, 0.25) is 0 Å². The minimum Gasteiger partial charge on any atom is -0.341 e. The topological polar surface area (TPSA) is 55.7 Å². The standard InChI is InChI=1S/C15H16F2N4/c1-9-13(8-21(2)3)20-15(19-9)12-5-4-10(14(16)17)6-11(12)7-18/h4-6,14H,8H2,1-3H3,(H,19,20). The first-order valence-electron chi connectivity index (χ1n) is 6.45. The number of benzene rings is 1. The van der Waals surface area contributed by atoms with Crippen LogP contribution in [0.3, 0.4) is 0 Å². The van der Waals surface area contributed by atoms with E-state index < -0.39 is 6.43 Å². The van der Waals surface area contributed by atoms with Gasteiger partial charge >= 0.3 is 0 Å². The van der Waals surface area contributed by atoms with Crippen molar-refractivity contribution in [3.05, 3.63) is 40.7 Å². The molecule has 110 valence electrons. The quantitative estimate of drug-likeness (QED) is 0.940. The van der Waals surface area contributed by atoms with Crippen LogP contribution >= 0.6 is 0 Å². The van der Waals surface area contributed by atoms with Crippen molar-refractivity contribution in [1.82, 2.24) is 14.9 Å². The van der Waals surface area contributed by atoms with Gasteiger partial charge < -0.3 is 9.88 Å². The lowest BCUT2D eigenvalue weighted by atomic mass is 10.0. The summed E-state index contributed by atoms with van der Waals surface area (Å²) in [5.74, 6) is 0.529. The van der Waals surface area contributed by atoms with E-state index in [9.17, 15) is 8.78 Å². The van der Waals surface area contributed by atoms with Gasteiger partial charge in [0.05, 0.1) is 23.0 Å². The predicted molar refractivity (Wildman–Crippen MR) is 75.8 cm³/mol. The van der Waals surface area contributed by atoms with Crippen LogP contribution in [0, 0.1) is 18.3 Å². The molecule has 0 aliphatic rings. The Morgan fingerprint density at radius 3 is 2.67 bits per heavy atom. The highest BCUT2D eigenvalue weighted by atomic mass is 19.3. The number of halogens is 2. The molecular weight excluding hydrogens is 274 g/mol. The van der Waals surface area contributed by atoms with Crippen LogP contribution in [0.15, 0.2) is 18.2 Å². The number of nitriles is 1. The van der Waals surface area contributed by atoms with Crippen molar-refractivity contribution >= 4 is 0 Å². The number of nitrogens with zero attached hydrogens (tertiary/aromatic N) is 3. The Labute approximate surface area is 122 Å². The van der Waals surface area contributed by atoms with Gasteiger partial charge in [-0.2, -0.15) is 5.26 Å². The van der Waals surface area contributed by atoms with Crippen molar-refractivity contribution in [2.24, 2.45) is 0 Å². The maximum atomic E-state index is 12.7. The van der Waals surface area contributed by atoms with Gasteiger partial charge in [0.2, 0.25) is 0 Å². The second-order valence-electron chi connectivity index (χ2n) is 5.10. The largest absolute Gasteiger partial charge is 0.341 e. The summed E-state index contributed by atoms with van der Waals surface area (Å²) >= 11 is 0. The summed E-state index contributed by atoms with van der Waals surface area (Å²) in [6.07, 6.45) is -2.59. The van der Waals surface area contributed by atoms with E-state index in [1.807, 2.05) is 32.0 Å². The summed E-state index contributed by atoms with van der Waals surface area (Å²) < 4.78 is 25.4. The average molecular weight is 290 g/mol. The number of aryl methyl sites for hydroxylation is 1. The lowest BCUT2D eigenvalue weighted by molar-refractivity contribution is 0.151. The van der Waals surface area contributed by atoms with E-state index in [4.69, 9.17) is 5.26 Å². The number of hydrogen-bond acceptors (Lipinski definition) is 3. The first-order chi connectivity index (χ1) is 9.92. The van der Waals surface area contributed by atoms with Gasteiger partial charge in [-0.1, -0.05) is 6.07 Å². The van der Waals surface area contributed by atoms with Gasteiger partial charge in [0.15, 0.2) is 0 Å². The normalized spacial score (nSPS) is 11.1. The molecule has 21 heavy (non-hydrogen) atoms. The molecule has 0 saturated carbocycles. The Balaban J connectivity index is 2.45. The Kier molecular flexibility index (Phi) is 4.34. The minimum atomic E-state index is -2.59. The number of alkyl halides is 2. The fourth-order valence-electron chi connectivity index (χ4n) is 2.09. The third-order valence-corrected chi connectivity index (χ3v) is 3.13. The second kappa shape index (κ2) is 6.02. The molecule has 0 aliphatic heterocycles. The van der Waals surface area contributed by atoms with Crippen LogP contribution in [0.4, 0.5) is 8.78 Å². The van der Waals surface area contributed by atoms with Crippen LogP contribution in [0.5, 0.6) is 0 Å². The molecule has 1 aromatic heterocycles. The fraction of sp³-hybridized carbons (Fsp3) is 0.333. The summed E-state index contributed by atoms with van der Waals surface area (Å²) in [6, 6.07) is 6.00. The molecule has 6 heteroatoms. The molecule has 0 saturated heterocycles. The van der Waals surface area contributed by atoms with Crippen LogP contribution < -0.4 is 0 Å². The SMILES string of the molecule is Cc1nc(-c2ccc(C(F)F)cc2C#N)[nH]c1CN(C)C. The first-order valence-corrected chi connectivity index (χ1v) is 6.45. The van der Waals surface area contributed by atoms with Gasteiger partial charge in [-0.15, -0.1) is 0 Å². The molecular formula is C15H16F2N4. The lowest BCUT2D eigenvalue weighted by Gasteiger charge is -2.07. The highest BCUT2D eigenvalue weighted by Crippen LogP contribution is 2.27. The lowest BCUT2D eigenvalue weighted by Crippen LogP contribution is -2.11. The molecule has 0 fully saturated rings. The van der Waals surface area contributed by atoms with Crippen molar-refractivity contribution in [3.63, 3.8) is 0 Å². The van der Waals surface area contributed by atoms with E-state index in [0.717, 1.165) is 11.4 Å². The molecule has 4 nitrogen and oxygen atoms in total. The zero-order chi connectivity index (χ0) is 15.6. The number of hydrogen-bond donors (Lipinski definition) is 1. The Bertz CT molecular complexity index is 683. The molecule has 0 bridgehead atoms. The van der Waals surface area contributed by atoms with Gasteiger partial charge in [-0.05, 0) is 33.2 Å². The van der Waals surface area contributed by atoms with Gasteiger partial charge in [-0.25, -0.2) is 13.8 Å². The molecule has 0 spiro atoms. The fourth-order valence-corrected chi connectivity index (χ4v) is 2.09. The van der Waals surface area contributed by atoms with E-state index in [-0.39, 0.29) is 11.1 Å². The molecule has 1 heterocycles. The van der Waals surface area contributed by atoms with Crippen molar-refractivity contribution in [3.8, 4) is 17.5 Å². The number of rotatable bonds is 4. The third kappa shape index (κ3) is 3.26. The number of aromatic nitrogens is 2. The van der Waals surface area contributed by atoms with E-state index in [1.54, 1.807) is 0 Å². The Morgan fingerprint density at radius 1 is 1.38 bits per heavy atom. The second-order valence-corrected chi connectivity index (χ2v) is 5.10. The molecule has 1 aromatic carbocycles. The van der Waals surface area contributed by atoms with Crippen molar-refractivity contribution in [1.29, 1.82) is 5.26 Å². The Hall–Kier alpha value is -2.26. The summed E-state index contributed by atoms with van der Waals surface area (Å²) in [6.45, 7) is 2.56. The van der Waals surface area contributed by atoms with Gasteiger partial charge in [0, 0.05) is 17.7 Å². The van der Waals surface area contributed by atoms with Crippen molar-refractivity contribution < 1.29 is 8.78 Å². The molecule has 0 atom stereocenters. The Morgan fingerprint density at radius 2 is 2.10 bits per heavy atom. The van der Waals surface area contributed by atoms with E-state index in [1.165, 1.54) is 18.2 Å². The molecule has 2 aromatic rings. The minimum absolute atomic E-state index is 0.160. The molecule has 0 unspecified atom stereocenters. The van der Waals surface area contributed by atoms with Crippen molar-refractivity contribution in [2.75, 3.05) is 14.1 Å². The molecule has 0 radical (unpaired) electrons. The highest BCUT2D eigenvalue weighted by Gasteiger charge is 2.15. The van der Waals surface area contributed by atoms with Gasteiger partial charge in [0.25, 0.3) is 6.43 Å². The maximum Gasteiger partial charge on any atom is 0.263 e. The van der Waals surface area contributed by atoms with Crippen LogP contribution in [-0.4, -0.2) is 29.0 Å². The first kappa shape index (κ1) is 15.1. The zero-order valence-electron chi connectivity index (χ0n) is 12.1. The molecule has 0 amide bonds. The summed E-state index contributed by atoms with van der Waals surface area (Å²) in [5.41, 5.74) is 2.34. The van der Waals surface area contributed by atoms with Crippen LogP contribution in [0.1, 0.15) is 28.9 Å². The zero-order valence-corrected chi connectivity index (χ0v) is 12.1. The third-order valence-electron chi connectivity index (χ3n) is 3.13. The highest BCUT2D eigenvalue weighted by molar-refractivity contribution is 5.66. The smallest absolute Gasteiger partial charge is 0.263 e. The number of aromatic amines is 1. The summed E-state index contributed by atoms with van der Waals surface area (Å²) in [4.78, 5) is 9.55. The number of imidazole rings is 1. The number of nitrogens with one attached hydrogen (secondary N) is 1. The van der Waals surface area contributed by atoms with E-state index in [2.05, 4.69) is 9.97 Å². The van der Waals surface area contributed by atoms with Crippen LogP contribution in [0.25, 0.3) is 11.4 Å². The van der Waals surface area contributed by atoms with Crippen LogP contribution in [-0.2, 0) is 6.54 Å². The molecule has 2 rings (SSSR count). The molecule has 1 N–H and O–H groups in total. The van der Waals surface area contributed by atoms with Gasteiger partial charge in [0.1, 0.15) is 5.82 Å². The predicted octanol–water partition coefficient (Wildman–Crippen LogP) is 3.26. The van der Waals surface area contributed by atoms with E-state index in [0.29, 0.717) is 17.9 Å². The van der Waals surface area contributed by atoms with Crippen molar-refractivity contribution in [2.45, 2.75) is 19.9 Å². The summed E-state index contributed by atoms with van der Waals surface area (Å²) in [7, 11) is 3.89. The number of H-pyrrole nitrogens is 1. The summed E-state index contributed by atoms with van der Waals surface area (Å²) in [5, 5.41) is 9.16. The van der Waals surface area contributed by atoms with E-state index >= 15 is 0 Å². The maximum absolute atomic E-state index is 12.7. The average Bonchev–Trinajstić information content (AvgIpc) is 2.78. The monoisotopic (exact) mass is 290 g/mol. The van der Waals surface area contributed by atoms with Gasteiger partial charge in [-0.3, -0.25) is 0 Å². The molecule has 0 aliphatic carbocycles.